The van der Waals surface area contributed by atoms with E-state index >= 15 is 0 Å². The highest BCUT2D eigenvalue weighted by atomic mass is 35.5. The van der Waals surface area contributed by atoms with Crippen molar-refractivity contribution in [3.63, 3.8) is 0 Å². The average molecular weight is 538 g/mol. The van der Waals surface area contributed by atoms with Crippen LogP contribution in [0.5, 0.6) is 11.5 Å². The SMILES string of the molecule is O=C(c1cc(Cl)cc2cc[nH]c12)N(CCc1ccc(Cl)c(Cl)c1)Cc1ccc2c(c1)OC(F)(F)O2. The predicted molar refractivity (Wildman–Crippen MR) is 131 cm³/mol. The molecular formula is C25H17Cl3F2N2O3. The Labute approximate surface area is 214 Å². The molecular weight excluding hydrogens is 521 g/mol. The van der Waals surface area contributed by atoms with E-state index in [0.717, 1.165) is 10.9 Å². The van der Waals surface area contributed by atoms with E-state index in [-0.39, 0.29) is 24.0 Å². The van der Waals surface area contributed by atoms with Crippen molar-refractivity contribution in [2.24, 2.45) is 0 Å². The van der Waals surface area contributed by atoms with Gasteiger partial charge in [-0.1, -0.05) is 46.9 Å². The Kier molecular flexibility index (Phi) is 6.25. The minimum Gasteiger partial charge on any atom is -0.395 e. The second-order valence-corrected chi connectivity index (χ2v) is 9.32. The fraction of sp³-hybridized carbons (Fsp3) is 0.160. The van der Waals surface area contributed by atoms with E-state index in [1.165, 1.54) is 12.1 Å². The molecule has 5 rings (SSSR count). The van der Waals surface area contributed by atoms with Gasteiger partial charge in [-0.3, -0.25) is 4.79 Å². The van der Waals surface area contributed by atoms with Crippen molar-refractivity contribution in [3.8, 4) is 11.5 Å². The number of benzene rings is 3. The van der Waals surface area contributed by atoms with Gasteiger partial charge in [-0.2, -0.15) is 0 Å². The molecule has 1 N–H and O–H groups in total. The lowest BCUT2D eigenvalue weighted by Crippen LogP contribution is -2.32. The number of H-pyrrole nitrogens is 1. The van der Waals surface area contributed by atoms with E-state index in [1.54, 1.807) is 41.4 Å². The summed E-state index contributed by atoms with van der Waals surface area (Å²) in [4.78, 5) is 18.4. The lowest BCUT2D eigenvalue weighted by molar-refractivity contribution is -0.286. The molecule has 0 radical (unpaired) electrons. The van der Waals surface area contributed by atoms with E-state index in [2.05, 4.69) is 14.5 Å². The van der Waals surface area contributed by atoms with E-state index in [9.17, 15) is 13.6 Å². The van der Waals surface area contributed by atoms with Gasteiger partial charge in [0.1, 0.15) is 0 Å². The van der Waals surface area contributed by atoms with Gasteiger partial charge in [0.15, 0.2) is 11.5 Å². The number of nitrogens with zero attached hydrogens (tertiary/aromatic N) is 1. The first-order chi connectivity index (χ1) is 16.7. The van der Waals surface area contributed by atoms with Crippen molar-refractivity contribution in [3.05, 3.63) is 92.6 Å². The molecule has 10 heteroatoms. The Morgan fingerprint density at radius 3 is 2.49 bits per heavy atom. The summed E-state index contributed by atoms with van der Waals surface area (Å²) in [5.74, 6) is -0.419. The maximum Gasteiger partial charge on any atom is 0.586 e. The number of amides is 1. The summed E-state index contributed by atoms with van der Waals surface area (Å²) in [6.07, 6.45) is -1.50. The van der Waals surface area contributed by atoms with Crippen molar-refractivity contribution in [2.75, 3.05) is 6.54 Å². The van der Waals surface area contributed by atoms with E-state index in [1.807, 2.05) is 12.1 Å². The summed E-state index contributed by atoms with van der Waals surface area (Å²) in [5.41, 5.74) is 2.54. The topological polar surface area (TPSA) is 54.6 Å². The minimum atomic E-state index is -3.72. The van der Waals surface area contributed by atoms with Crippen LogP contribution in [-0.2, 0) is 13.0 Å². The zero-order valence-corrected chi connectivity index (χ0v) is 20.2. The van der Waals surface area contributed by atoms with E-state index < -0.39 is 6.29 Å². The molecule has 1 amide bonds. The van der Waals surface area contributed by atoms with Gasteiger partial charge >= 0.3 is 6.29 Å². The second kappa shape index (κ2) is 9.22. The zero-order valence-electron chi connectivity index (χ0n) is 18.0. The standard InChI is InChI=1S/C25H17Cl3F2N2O3/c26-17-11-16-5-7-31-23(16)18(12-17)24(33)32(8-6-14-1-3-19(27)20(28)9-14)13-15-2-4-21-22(10-15)35-25(29,30)34-21/h1-5,7,9-12,31H,6,8,13H2. The Balaban J connectivity index is 1.46. The monoisotopic (exact) mass is 536 g/mol. The van der Waals surface area contributed by atoms with Crippen LogP contribution in [0.3, 0.4) is 0 Å². The number of hydrogen-bond donors (Lipinski definition) is 1. The van der Waals surface area contributed by atoms with Crippen molar-refractivity contribution < 1.29 is 23.0 Å². The van der Waals surface area contributed by atoms with Crippen LogP contribution in [-0.4, -0.2) is 28.6 Å². The predicted octanol–water partition coefficient (Wildman–Crippen LogP) is 7.33. The molecule has 0 bridgehead atoms. The van der Waals surface area contributed by atoms with Crippen molar-refractivity contribution in [1.82, 2.24) is 9.88 Å². The Morgan fingerprint density at radius 1 is 0.914 bits per heavy atom. The number of carbonyl (C=O) groups is 1. The molecule has 1 aromatic heterocycles. The van der Waals surface area contributed by atoms with Gasteiger partial charge in [-0.25, -0.2) is 0 Å². The molecule has 35 heavy (non-hydrogen) atoms. The average Bonchev–Trinajstić information content (AvgIpc) is 3.39. The maximum atomic E-state index is 13.7. The van der Waals surface area contributed by atoms with Gasteiger partial charge in [-0.05, 0) is 60.0 Å². The summed E-state index contributed by atoms with van der Waals surface area (Å²) >= 11 is 18.4. The van der Waals surface area contributed by atoms with Gasteiger partial charge < -0.3 is 19.4 Å². The molecule has 0 spiro atoms. The lowest BCUT2D eigenvalue weighted by atomic mass is 10.1. The highest BCUT2D eigenvalue weighted by Crippen LogP contribution is 2.41. The first-order valence-electron chi connectivity index (χ1n) is 10.6. The molecule has 0 saturated carbocycles. The normalized spacial score (nSPS) is 13.9. The van der Waals surface area contributed by atoms with E-state index in [4.69, 9.17) is 34.8 Å². The van der Waals surface area contributed by atoms with Crippen molar-refractivity contribution in [2.45, 2.75) is 19.3 Å². The lowest BCUT2D eigenvalue weighted by Gasteiger charge is -2.24. The van der Waals surface area contributed by atoms with Crippen LogP contribution in [0, 0.1) is 0 Å². The highest BCUT2D eigenvalue weighted by molar-refractivity contribution is 6.42. The molecule has 0 atom stereocenters. The quantitative estimate of drug-likeness (QED) is 0.280. The third kappa shape index (κ3) is 5.03. The summed E-state index contributed by atoms with van der Waals surface area (Å²) in [6.45, 7) is 0.452. The van der Waals surface area contributed by atoms with Gasteiger partial charge in [0.05, 0.1) is 21.1 Å². The van der Waals surface area contributed by atoms with Crippen LogP contribution in [0.2, 0.25) is 15.1 Å². The fourth-order valence-corrected chi connectivity index (χ4v) is 4.55. The minimum absolute atomic E-state index is 0.0598. The Bertz CT molecular complexity index is 1440. The smallest absolute Gasteiger partial charge is 0.395 e. The van der Waals surface area contributed by atoms with Crippen LogP contribution in [0.25, 0.3) is 10.9 Å². The Hall–Kier alpha value is -3.00. The number of carbonyl (C=O) groups excluding carboxylic acids is 1. The van der Waals surface area contributed by atoms with Gasteiger partial charge in [0.25, 0.3) is 5.91 Å². The molecule has 3 aromatic carbocycles. The first kappa shape index (κ1) is 23.7. The molecule has 1 aliphatic rings. The maximum absolute atomic E-state index is 13.7. The number of aromatic amines is 1. The van der Waals surface area contributed by atoms with Gasteiger partial charge in [0.2, 0.25) is 0 Å². The van der Waals surface area contributed by atoms with Crippen LogP contribution in [0.1, 0.15) is 21.5 Å². The third-order valence-corrected chi connectivity index (χ3v) is 6.59. The molecule has 0 fully saturated rings. The second-order valence-electron chi connectivity index (χ2n) is 8.07. The zero-order chi connectivity index (χ0) is 24.7. The van der Waals surface area contributed by atoms with Crippen molar-refractivity contribution >= 4 is 51.6 Å². The number of halogens is 5. The number of hydrogen-bond acceptors (Lipinski definition) is 3. The van der Waals surface area contributed by atoms with Crippen LogP contribution >= 0.6 is 34.8 Å². The molecule has 1 aliphatic heterocycles. The number of nitrogens with one attached hydrogen (secondary N) is 1. The fourth-order valence-electron chi connectivity index (χ4n) is 4.00. The Morgan fingerprint density at radius 2 is 1.69 bits per heavy atom. The molecule has 0 unspecified atom stereocenters. The van der Waals surface area contributed by atoms with E-state index in [0.29, 0.717) is 44.7 Å². The molecule has 0 saturated heterocycles. The largest absolute Gasteiger partial charge is 0.586 e. The van der Waals surface area contributed by atoms with Crippen molar-refractivity contribution in [1.29, 1.82) is 0 Å². The molecule has 180 valence electrons. The highest BCUT2D eigenvalue weighted by Gasteiger charge is 2.43. The third-order valence-electron chi connectivity index (χ3n) is 5.64. The number of fused-ring (bicyclic) bond motifs is 2. The molecule has 5 nitrogen and oxygen atoms in total. The number of rotatable bonds is 6. The van der Waals surface area contributed by atoms with Crippen LogP contribution < -0.4 is 9.47 Å². The van der Waals surface area contributed by atoms with Gasteiger partial charge in [-0.15, -0.1) is 8.78 Å². The summed E-state index contributed by atoms with van der Waals surface area (Å²) < 4.78 is 36.0. The summed E-state index contributed by atoms with van der Waals surface area (Å²) in [6, 6.07) is 14.9. The number of aromatic nitrogens is 1. The summed E-state index contributed by atoms with van der Waals surface area (Å²) in [5, 5.41) is 2.08. The van der Waals surface area contributed by atoms with Crippen LogP contribution in [0.4, 0.5) is 8.78 Å². The first-order valence-corrected chi connectivity index (χ1v) is 11.7. The number of alkyl halides is 2. The van der Waals surface area contributed by atoms with Crippen LogP contribution in [0.15, 0.2) is 60.8 Å². The van der Waals surface area contributed by atoms with Gasteiger partial charge in [0, 0.05) is 29.7 Å². The number of ether oxygens (including phenoxy) is 2. The molecule has 0 aliphatic carbocycles. The molecule has 2 heterocycles. The summed E-state index contributed by atoms with van der Waals surface area (Å²) in [7, 11) is 0. The molecule has 4 aromatic rings.